The fourth-order valence-corrected chi connectivity index (χ4v) is 3.30. The van der Waals surface area contributed by atoms with Gasteiger partial charge in [0.05, 0.1) is 0 Å². The zero-order chi connectivity index (χ0) is 14.3. The number of fused-ring (bicyclic) bond motifs is 1. The van der Waals surface area contributed by atoms with Crippen LogP contribution < -0.4 is 0 Å². The van der Waals surface area contributed by atoms with Crippen LogP contribution >= 0.6 is 0 Å². The molecule has 112 valence electrons. The summed E-state index contributed by atoms with van der Waals surface area (Å²) in [4.78, 5) is 0. The first-order chi connectivity index (χ1) is 10.4. The summed E-state index contributed by atoms with van der Waals surface area (Å²) in [6.07, 6.45) is 13.2. The van der Waals surface area contributed by atoms with E-state index < -0.39 is 0 Å². The molecule has 0 radical (unpaired) electrons. The van der Waals surface area contributed by atoms with E-state index in [-0.39, 0.29) is 0 Å². The van der Waals surface area contributed by atoms with Crippen LogP contribution in [0.15, 0.2) is 40.8 Å². The van der Waals surface area contributed by atoms with Crippen molar-refractivity contribution in [2.45, 2.75) is 64.2 Å². The van der Waals surface area contributed by atoms with E-state index in [1.165, 1.54) is 74.7 Å². The minimum absolute atomic E-state index is 1.05. The zero-order valence-corrected chi connectivity index (χ0v) is 12.9. The molecule has 21 heavy (non-hydrogen) atoms. The van der Waals surface area contributed by atoms with Gasteiger partial charge in [0.25, 0.3) is 0 Å². The number of benzene rings is 1. The lowest BCUT2D eigenvalue weighted by atomic mass is 9.99. The van der Waals surface area contributed by atoms with E-state index >= 15 is 0 Å². The van der Waals surface area contributed by atoms with Gasteiger partial charge in [-0.1, -0.05) is 68.9 Å². The summed E-state index contributed by atoms with van der Waals surface area (Å²) in [6.45, 7) is 0. The van der Waals surface area contributed by atoms with Gasteiger partial charge in [0, 0.05) is 12.0 Å². The molecule has 0 saturated carbocycles. The Bertz CT molecular complexity index is 509. The number of furan rings is 1. The molecule has 0 saturated heterocycles. The summed E-state index contributed by atoms with van der Waals surface area (Å²) in [7, 11) is 0. The molecule has 0 spiro atoms. The third-order valence-corrected chi connectivity index (χ3v) is 4.55. The standard InChI is InChI=1S/C20H26O/c1-2-4-6-11-15-19-18(14-8-5-3-1)16-20(21-19)17-12-9-7-10-13-17/h7,9-10,12-13,16H,1-6,8,11,14-15H2. The minimum atomic E-state index is 1.05. The summed E-state index contributed by atoms with van der Waals surface area (Å²) in [5.74, 6) is 2.30. The van der Waals surface area contributed by atoms with Crippen LogP contribution in [0.25, 0.3) is 11.3 Å². The van der Waals surface area contributed by atoms with E-state index in [4.69, 9.17) is 4.42 Å². The van der Waals surface area contributed by atoms with Crippen molar-refractivity contribution in [1.29, 1.82) is 0 Å². The second-order valence-corrected chi connectivity index (χ2v) is 6.25. The van der Waals surface area contributed by atoms with E-state index in [0.717, 1.165) is 12.2 Å². The summed E-state index contributed by atoms with van der Waals surface area (Å²) < 4.78 is 6.20. The quantitative estimate of drug-likeness (QED) is 0.610. The molecule has 0 atom stereocenters. The average molecular weight is 282 g/mol. The second kappa shape index (κ2) is 7.49. The van der Waals surface area contributed by atoms with Crippen molar-refractivity contribution >= 4 is 0 Å². The van der Waals surface area contributed by atoms with Gasteiger partial charge in [-0.25, -0.2) is 0 Å². The van der Waals surface area contributed by atoms with Crippen molar-refractivity contribution in [3.63, 3.8) is 0 Å². The lowest BCUT2D eigenvalue weighted by molar-refractivity contribution is 0.488. The van der Waals surface area contributed by atoms with E-state index in [1.54, 1.807) is 0 Å². The third kappa shape index (κ3) is 4.00. The van der Waals surface area contributed by atoms with E-state index in [1.807, 2.05) is 0 Å². The van der Waals surface area contributed by atoms with Gasteiger partial charge in [-0.3, -0.25) is 0 Å². The normalized spacial score (nSPS) is 17.5. The maximum Gasteiger partial charge on any atom is 0.134 e. The Morgan fingerprint density at radius 1 is 0.667 bits per heavy atom. The lowest BCUT2D eigenvalue weighted by Gasteiger charge is -2.06. The van der Waals surface area contributed by atoms with Crippen molar-refractivity contribution in [3.05, 3.63) is 47.7 Å². The first-order valence-corrected chi connectivity index (χ1v) is 8.60. The molecule has 1 nitrogen and oxygen atoms in total. The van der Waals surface area contributed by atoms with Crippen LogP contribution in [0.4, 0.5) is 0 Å². The second-order valence-electron chi connectivity index (χ2n) is 6.25. The van der Waals surface area contributed by atoms with Crippen molar-refractivity contribution < 1.29 is 4.42 Å². The molecule has 0 bridgehead atoms. The molecule has 0 fully saturated rings. The highest BCUT2D eigenvalue weighted by Crippen LogP contribution is 2.28. The van der Waals surface area contributed by atoms with Crippen LogP contribution in [0, 0.1) is 0 Å². The number of hydrogen-bond acceptors (Lipinski definition) is 1. The van der Waals surface area contributed by atoms with E-state index in [9.17, 15) is 0 Å². The SMILES string of the molecule is c1ccc(-c2cc3c(o2)CCCCCCCCCC3)cc1. The zero-order valence-electron chi connectivity index (χ0n) is 12.9. The molecule has 1 aliphatic rings. The number of hydrogen-bond donors (Lipinski definition) is 0. The number of rotatable bonds is 1. The molecule has 1 heteroatoms. The van der Waals surface area contributed by atoms with Gasteiger partial charge < -0.3 is 4.42 Å². The summed E-state index contributed by atoms with van der Waals surface area (Å²) >= 11 is 0. The highest BCUT2D eigenvalue weighted by molar-refractivity contribution is 5.58. The molecule has 1 aliphatic carbocycles. The Hall–Kier alpha value is -1.50. The Morgan fingerprint density at radius 2 is 1.29 bits per heavy atom. The van der Waals surface area contributed by atoms with Gasteiger partial charge in [-0.05, 0) is 30.9 Å². The van der Waals surface area contributed by atoms with Gasteiger partial charge in [-0.15, -0.1) is 0 Å². The molecular weight excluding hydrogens is 256 g/mol. The highest BCUT2D eigenvalue weighted by atomic mass is 16.3. The third-order valence-electron chi connectivity index (χ3n) is 4.55. The van der Waals surface area contributed by atoms with Crippen molar-refractivity contribution in [1.82, 2.24) is 0 Å². The lowest BCUT2D eigenvalue weighted by Crippen LogP contribution is -1.93. The largest absolute Gasteiger partial charge is 0.461 e. The van der Waals surface area contributed by atoms with Gasteiger partial charge in [0.15, 0.2) is 0 Å². The van der Waals surface area contributed by atoms with E-state index in [2.05, 4.69) is 36.4 Å². The van der Waals surface area contributed by atoms with Crippen LogP contribution in [0.2, 0.25) is 0 Å². The van der Waals surface area contributed by atoms with E-state index in [0.29, 0.717) is 0 Å². The molecule has 1 aromatic heterocycles. The molecule has 0 aliphatic heterocycles. The van der Waals surface area contributed by atoms with Crippen LogP contribution in [-0.2, 0) is 12.8 Å². The van der Waals surface area contributed by atoms with Crippen LogP contribution in [-0.4, -0.2) is 0 Å². The van der Waals surface area contributed by atoms with Gasteiger partial charge in [0.2, 0.25) is 0 Å². The van der Waals surface area contributed by atoms with Crippen molar-refractivity contribution in [3.8, 4) is 11.3 Å². The average Bonchev–Trinajstić information content (AvgIpc) is 2.91. The summed E-state index contributed by atoms with van der Waals surface area (Å²) in [5.41, 5.74) is 2.66. The fourth-order valence-electron chi connectivity index (χ4n) is 3.30. The van der Waals surface area contributed by atoms with Gasteiger partial charge >= 0.3 is 0 Å². The van der Waals surface area contributed by atoms with Crippen LogP contribution in [0.5, 0.6) is 0 Å². The van der Waals surface area contributed by atoms with Crippen LogP contribution in [0.3, 0.4) is 0 Å². The molecule has 0 N–H and O–H groups in total. The molecule has 3 rings (SSSR count). The maximum absolute atomic E-state index is 6.20. The molecule has 0 amide bonds. The fraction of sp³-hybridized carbons (Fsp3) is 0.500. The Kier molecular flexibility index (Phi) is 5.15. The smallest absolute Gasteiger partial charge is 0.134 e. The molecule has 0 unspecified atom stereocenters. The molecule has 1 aromatic carbocycles. The highest BCUT2D eigenvalue weighted by Gasteiger charge is 2.12. The first kappa shape index (κ1) is 14.4. The number of aryl methyl sites for hydroxylation is 2. The minimum Gasteiger partial charge on any atom is -0.461 e. The van der Waals surface area contributed by atoms with Gasteiger partial charge in [0.1, 0.15) is 11.5 Å². The molecule has 1 heterocycles. The summed E-state index contributed by atoms with van der Waals surface area (Å²) in [6, 6.07) is 12.8. The Labute approximate surface area is 128 Å². The predicted octanol–water partition coefficient (Wildman–Crippen LogP) is 6.17. The monoisotopic (exact) mass is 282 g/mol. The van der Waals surface area contributed by atoms with Crippen LogP contribution in [0.1, 0.15) is 62.7 Å². The summed E-state index contributed by atoms with van der Waals surface area (Å²) in [5, 5.41) is 0. The first-order valence-electron chi connectivity index (χ1n) is 8.60. The molecule has 2 aromatic rings. The topological polar surface area (TPSA) is 13.1 Å². The predicted molar refractivity (Wildman–Crippen MR) is 88.5 cm³/mol. The van der Waals surface area contributed by atoms with Crippen molar-refractivity contribution in [2.24, 2.45) is 0 Å². The Morgan fingerprint density at radius 3 is 2.00 bits per heavy atom. The maximum atomic E-state index is 6.20. The Balaban J connectivity index is 1.79. The molecular formula is C20H26O. The van der Waals surface area contributed by atoms with Gasteiger partial charge in [-0.2, -0.15) is 0 Å². The van der Waals surface area contributed by atoms with Crippen molar-refractivity contribution in [2.75, 3.05) is 0 Å².